The Balaban J connectivity index is 1.69. The van der Waals surface area contributed by atoms with E-state index in [-0.39, 0.29) is 11.9 Å². The minimum absolute atomic E-state index is 0.241. The van der Waals surface area contributed by atoms with E-state index < -0.39 is 0 Å². The minimum Gasteiger partial charge on any atom is -0.348 e. The van der Waals surface area contributed by atoms with E-state index in [2.05, 4.69) is 39.7 Å². The molecule has 1 unspecified atom stereocenters. The molecule has 1 fully saturated rings. The highest BCUT2D eigenvalue weighted by molar-refractivity contribution is 5.76. The van der Waals surface area contributed by atoms with Crippen LogP contribution in [0.25, 0.3) is 0 Å². The minimum atomic E-state index is 0.241. The summed E-state index contributed by atoms with van der Waals surface area (Å²) in [5.74, 6) is 0.761. The van der Waals surface area contributed by atoms with Crippen molar-refractivity contribution in [3.63, 3.8) is 0 Å². The number of piperazine rings is 1. The van der Waals surface area contributed by atoms with Crippen LogP contribution in [0.4, 0.5) is 0 Å². The Bertz CT molecular complexity index is 805. The summed E-state index contributed by atoms with van der Waals surface area (Å²) >= 11 is 0. The predicted molar refractivity (Wildman–Crippen MR) is 113 cm³/mol. The largest absolute Gasteiger partial charge is 0.348 e. The molecule has 1 atom stereocenters. The molecule has 154 valence electrons. The zero-order valence-corrected chi connectivity index (χ0v) is 17.5. The van der Waals surface area contributed by atoms with Gasteiger partial charge in [-0.15, -0.1) is 0 Å². The zero-order valence-electron chi connectivity index (χ0n) is 17.5. The number of H-pyrrole nitrogens is 1. The third-order valence-corrected chi connectivity index (χ3v) is 6.05. The Labute approximate surface area is 173 Å². The van der Waals surface area contributed by atoms with E-state index in [1.54, 1.807) is 6.33 Å². The lowest BCUT2D eigenvalue weighted by Gasteiger charge is -2.42. The van der Waals surface area contributed by atoms with Gasteiger partial charge in [0.1, 0.15) is 0 Å². The van der Waals surface area contributed by atoms with Gasteiger partial charge in [0.25, 0.3) is 0 Å². The van der Waals surface area contributed by atoms with Crippen molar-refractivity contribution in [2.45, 2.75) is 52.1 Å². The summed E-state index contributed by atoms with van der Waals surface area (Å²) in [6.07, 6.45) is 7.17. The molecule has 0 aliphatic carbocycles. The van der Waals surface area contributed by atoms with Gasteiger partial charge in [0.15, 0.2) is 0 Å². The van der Waals surface area contributed by atoms with Gasteiger partial charge in [-0.1, -0.05) is 38.8 Å². The van der Waals surface area contributed by atoms with Crippen LogP contribution >= 0.6 is 0 Å². The lowest BCUT2D eigenvalue weighted by Crippen LogP contribution is -2.55. The fourth-order valence-corrected chi connectivity index (χ4v) is 4.04. The summed E-state index contributed by atoms with van der Waals surface area (Å²) in [6.45, 7) is 7.52. The molecule has 1 amide bonds. The van der Waals surface area contributed by atoms with Gasteiger partial charge >= 0.3 is 0 Å². The molecule has 2 heterocycles. The number of benzene rings is 1. The number of nitriles is 1. The fraction of sp³-hybridized carbons (Fsp3) is 0.522. The molecule has 0 saturated carbocycles. The van der Waals surface area contributed by atoms with Gasteiger partial charge in [0.05, 0.1) is 18.0 Å². The van der Waals surface area contributed by atoms with Crippen LogP contribution in [0, 0.1) is 17.2 Å². The van der Waals surface area contributed by atoms with Crippen LogP contribution in [-0.4, -0.2) is 51.4 Å². The number of hydrogen-bond acceptors (Lipinski definition) is 4. The normalized spacial score (nSPS) is 17.4. The maximum atomic E-state index is 12.9. The first kappa shape index (κ1) is 21.1. The van der Waals surface area contributed by atoms with Gasteiger partial charge in [-0.3, -0.25) is 9.69 Å². The van der Waals surface area contributed by atoms with Crippen molar-refractivity contribution < 1.29 is 4.79 Å². The van der Waals surface area contributed by atoms with Gasteiger partial charge in [-0.05, 0) is 23.6 Å². The SMILES string of the molecule is CCC(CC)CC(=O)N1CCN(Cc2ccc(C#N)cc2)C(Cc2cnc[nH]2)C1. The Morgan fingerprint density at radius 3 is 2.66 bits per heavy atom. The molecule has 1 aromatic carbocycles. The third-order valence-electron chi connectivity index (χ3n) is 6.05. The van der Waals surface area contributed by atoms with Gasteiger partial charge < -0.3 is 9.88 Å². The summed E-state index contributed by atoms with van der Waals surface area (Å²) in [4.78, 5) is 24.7. The van der Waals surface area contributed by atoms with Crippen molar-refractivity contribution in [3.8, 4) is 6.07 Å². The predicted octanol–water partition coefficient (Wildman–Crippen LogP) is 3.36. The van der Waals surface area contributed by atoms with Crippen LogP contribution in [0.15, 0.2) is 36.8 Å². The fourth-order valence-electron chi connectivity index (χ4n) is 4.04. The van der Waals surface area contributed by atoms with E-state index >= 15 is 0 Å². The number of rotatable bonds is 8. The Hall–Kier alpha value is -2.65. The number of nitrogens with zero attached hydrogens (tertiary/aromatic N) is 4. The number of hydrogen-bond donors (Lipinski definition) is 1. The molecule has 6 nitrogen and oxygen atoms in total. The second-order valence-corrected chi connectivity index (χ2v) is 7.94. The Kier molecular flexibility index (Phi) is 7.42. The molecule has 0 radical (unpaired) electrons. The monoisotopic (exact) mass is 393 g/mol. The summed E-state index contributed by atoms with van der Waals surface area (Å²) in [6, 6.07) is 10.2. The van der Waals surface area contributed by atoms with Crippen molar-refractivity contribution in [1.82, 2.24) is 19.8 Å². The number of aromatic nitrogens is 2. The van der Waals surface area contributed by atoms with Crippen molar-refractivity contribution in [2.24, 2.45) is 5.92 Å². The van der Waals surface area contributed by atoms with Crippen molar-refractivity contribution in [2.75, 3.05) is 19.6 Å². The van der Waals surface area contributed by atoms with Gasteiger partial charge in [-0.25, -0.2) is 4.98 Å². The first-order chi connectivity index (χ1) is 14.1. The molecular weight excluding hydrogens is 362 g/mol. The summed E-state index contributed by atoms with van der Waals surface area (Å²) < 4.78 is 0. The average molecular weight is 394 g/mol. The molecule has 6 heteroatoms. The maximum Gasteiger partial charge on any atom is 0.222 e. The van der Waals surface area contributed by atoms with Crippen LogP contribution in [-0.2, 0) is 17.8 Å². The molecule has 0 spiro atoms. The molecule has 0 bridgehead atoms. The van der Waals surface area contributed by atoms with E-state index in [1.165, 1.54) is 5.56 Å². The zero-order chi connectivity index (χ0) is 20.6. The van der Waals surface area contributed by atoms with Crippen LogP contribution in [0.3, 0.4) is 0 Å². The number of aromatic amines is 1. The standard InChI is InChI=1S/C23H31N5O/c1-3-18(4-2)11-23(29)28-10-9-27(15-20-7-5-19(13-24)6-8-20)22(16-28)12-21-14-25-17-26-21/h5-8,14,17-18,22H,3-4,9-12,15-16H2,1-2H3,(H,25,26). The van der Waals surface area contributed by atoms with Gasteiger partial charge in [-0.2, -0.15) is 5.26 Å². The van der Waals surface area contributed by atoms with Crippen LogP contribution in [0.5, 0.6) is 0 Å². The highest BCUT2D eigenvalue weighted by atomic mass is 16.2. The van der Waals surface area contributed by atoms with Crippen LogP contribution < -0.4 is 0 Å². The molecule has 29 heavy (non-hydrogen) atoms. The molecule has 1 aliphatic rings. The number of carbonyl (C=O) groups is 1. The Morgan fingerprint density at radius 1 is 1.28 bits per heavy atom. The highest BCUT2D eigenvalue weighted by Crippen LogP contribution is 2.20. The van der Waals surface area contributed by atoms with Gasteiger partial charge in [0, 0.05) is 57.0 Å². The van der Waals surface area contributed by atoms with Crippen molar-refractivity contribution >= 4 is 5.91 Å². The second-order valence-electron chi connectivity index (χ2n) is 7.94. The first-order valence-electron chi connectivity index (χ1n) is 10.6. The maximum absolute atomic E-state index is 12.9. The lowest BCUT2D eigenvalue weighted by molar-refractivity contribution is -0.135. The Morgan fingerprint density at radius 2 is 2.03 bits per heavy atom. The third kappa shape index (κ3) is 5.68. The van der Waals surface area contributed by atoms with E-state index in [0.29, 0.717) is 17.9 Å². The quantitative estimate of drug-likeness (QED) is 0.746. The first-order valence-corrected chi connectivity index (χ1v) is 10.6. The van der Waals surface area contributed by atoms with Crippen LogP contribution in [0.1, 0.15) is 49.9 Å². The molecule has 3 rings (SSSR count). The molecule has 1 saturated heterocycles. The average Bonchev–Trinajstić information content (AvgIpc) is 3.26. The van der Waals surface area contributed by atoms with Gasteiger partial charge in [0.2, 0.25) is 5.91 Å². The number of carbonyl (C=O) groups excluding carboxylic acids is 1. The number of nitrogens with one attached hydrogen (secondary N) is 1. The van der Waals surface area contributed by atoms with Crippen molar-refractivity contribution in [1.29, 1.82) is 5.26 Å². The number of amides is 1. The van der Waals surface area contributed by atoms with Crippen LogP contribution in [0.2, 0.25) is 0 Å². The second kappa shape index (κ2) is 10.2. The number of imidazole rings is 1. The molecule has 2 aromatic rings. The van der Waals surface area contributed by atoms with E-state index in [1.807, 2.05) is 30.5 Å². The van der Waals surface area contributed by atoms with Crippen molar-refractivity contribution in [3.05, 3.63) is 53.6 Å². The van der Waals surface area contributed by atoms with E-state index in [0.717, 1.165) is 51.1 Å². The summed E-state index contributed by atoms with van der Waals surface area (Å²) in [5, 5.41) is 9.01. The van der Waals surface area contributed by atoms with E-state index in [4.69, 9.17) is 5.26 Å². The summed E-state index contributed by atoms with van der Waals surface area (Å²) in [7, 11) is 0. The lowest BCUT2D eigenvalue weighted by atomic mass is 9.97. The molecule has 1 aromatic heterocycles. The van der Waals surface area contributed by atoms with E-state index in [9.17, 15) is 4.79 Å². The topological polar surface area (TPSA) is 76.0 Å². The molecular formula is C23H31N5O. The highest BCUT2D eigenvalue weighted by Gasteiger charge is 2.30. The molecule has 1 aliphatic heterocycles. The molecule has 1 N–H and O–H groups in total. The summed E-state index contributed by atoms with van der Waals surface area (Å²) in [5.41, 5.74) is 2.96. The smallest absolute Gasteiger partial charge is 0.222 e.